The number of nitrogens with one attached hydrogen (secondary N) is 1. The van der Waals surface area contributed by atoms with Crippen LogP contribution in [0.25, 0.3) is 0 Å². The maximum atomic E-state index is 12.8. The maximum Gasteiger partial charge on any atom is 0.247 e. The highest BCUT2D eigenvalue weighted by Crippen LogP contribution is 2.54. The molecule has 0 saturated heterocycles. The van der Waals surface area contributed by atoms with Gasteiger partial charge in [-0.15, -0.1) is 0 Å². The van der Waals surface area contributed by atoms with Gasteiger partial charge in [0.25, 0.3) is 0 Å². The van der Waals surface area contributed by atoms with Crippen LogP contribution in [-0.2, 0) is 10.2 Å². The molecule has 0 spiro atoms. The summed E-state index contributed by atoms with van der Waals surface area (Å²) in [5.41, 5.74) is 2.07. The zero-order valence-electron chi connectivity index (χ0n) is 18.5. The molecule has 0 aromatic heterocycles. The number of hydrogen-bond acceptors (Lipinski definition) is 4. The van der Waals surface area contributed by atoms with E-state index in [-0.39, 0.29) is 41.6 Å². The highest BCUT2D eigenvalue weighted by molar-refractivity contribution is 5.94. The Bertz CT molecular complexity index is 815. The summed E-state index contributed by atoms with van der Waals surface area (Å²) in [4.78, 5) is 12.8. The van der Waals surface area contributed by atoms with Gasteiger partial charge in [0.2, 0.25) is 5.91 Å². The molecule has 1 amide bonds. The van der Waals surface area contributed by atoms with Crippen LogP contribution in [-0.4, -0.2) is 34.4 Å². The number of hydrogen-bond donors (Lipinski definition) is 3. The largest absolute Gasteiger partial charge is 0.508 e. The lowest BCUT2D eigenvalue weighted by Gasteiger charge is -2.47. The number of fused-ring (bicyclic) bond motifs is 3. The van der Waals surface area contributed by atoms with Crippen LogP contribution in [0.3, 0.4) is 0 Å². The second-order valence-corrected chi connectivity index (χ2v) is 10.0. The molecule has 2 aliphatic rings. The quantitative estimate of drug-likeness (QED) is 0.708. The van der Waals surface area contributed by atoms with Crippen LogP contribution in [0.4, 0.5) is 0 Å². The van der Waals surface area contributed by atoms with E-state index < -0.39 is 5.60 Å². The number of benzene rings is 1. The van der Waals surface area contributed by atoms with Crippen LogP contribution in [0.15, 0.2) is 23.8 Å². The Labute approximate surface area is 174 Å². The Kier molecular flexibility index (Phi) is 5.74. The van der Waals surface area contributed by atoms with E-state index in [1.165, 1.54) is 0 Å². The number of rotatable bonds is 4. The number of allylic oxidation sites excluding steroid dienone is 1. The first-order valence-electron chi connectivity index (χ1n) is 10.6. The fourth-order valence-corrected chi connectivity index (χ4v) is 4.57. The van der Waals surface area contributed by atoms with Crippen LogP contribution < -0.4 is 10.1 Å². The second-order valence-electron chi connectivity index (χ2n) is 10.0. The molecule has 0 radical (unpaired) electrons. The summed E-state index contributed by atoms with van der Waals surface area (Å²) >= 11 is 0. The van der Waals surface area contributed by atoms with Gasteiger partial charge in [-0.25, -0.2) is 0 Å². The van der Waals surface area contributed by atoms with Gasteiger partial charge in [-0.3, -0.25) is 4.79 Å². The third-order valence-electron chi connectivity index (χ3n) is 6.51. The van der Waals surface area contributed by atoms with E-state index in [2.05, 4.69) is 39.9 Å². The van der Waals surface area contributed by atoms with Crippen molar-refractivity contribution >= 4 is 5.91 Å². The number of aromatic hydroxyl groups is 1. The number of ether oxygens (including phenoxy) is 1. The molecular formula is C24H35NO4. The summed E-state index contributed by atoms with van der Waals surface area (Å²) in [5.74, 6) is 1.05. The third-order valence-corrected chi connectivity index (χ3v) is 6.51. The van der Waals surface area contributed by atoms with E-state index in [1.807, 2.05) is 25.1 Å². The third kappa shape index (κ3) is 4.16. The van der Waals surface area contributed by atoms with Gasteiger partial charge in [0.05, 0.1) is 12.6 Å². The molecule has 1 aliphatic carbocycles. The first-order valence-corrected chi connectivity index (χ1v) is 10.6. The standard InChI is InChI=1S/C24H35NO4/c1-7-16(13-26)25-22(28)14-8-9-18-17(10-14)21-19(27)11-15(23(2,3)4)12-20(21)29-24(18,5)6/h8,11-12,16-18,26-27H,7,9-10,13H2,1-6H3,(H,25,28)/t16?,17-,18-/m1/s1. The van der Waals surface area contributed by atoms with Crippen LogP contribution in [0, 0.1) is 5.92 Å². The monoisotopic (exact) mass is 401 g/mol. The molecule has 3 rings (SSSR count). The molecule has 0 saturated carbocycles. The fraction of sp³-hybridized carbons (Fsp3) is 0.625. The van der Waals surface area contributed by atoms with Crippen molar-refractivity contribution in [3.8, 4) is 11.5 Å². The number of aliphatic hydroxyl groups excluding tert-OH is 1. The summed E-state index contributed by atoms with van der Waals surface area (Å²) in [6, 6.07) is 3.65. The molecule has 0 bridgehead atoms. The minimum absolute atomic E-state index is 0.0164. The van der Waals surface area contributed by atoms with Crippen LogP contribution >= 0.6 is 0 Å². The number of carbonyl (C=O) groups is 1. The zero-order valence-corrected chi connectivity index (χ0v) is 18.5. The zero-order chi connectivity index (χ0) is 21.6. The molecule has 1 heterocycles. The van der Waals surface area contributed by atoms with Crippen molar-refractivity contribution in [1.82, 2.24) is 5.32 Å². The van der Waals surface area contributed by atoms with Gasteiger partial charge in [0.15, 0.2) is 0 Å². The molecule has 5 nitrogen and oxygen atoms in total. The first-order chi connectivity index (χ1) is 13.5. The number of amides is 1. The highest BCUT2D eigenvalue weighted by atomic mass is 16.5. The van der Waals surface area contributed by atoms with Crippen molar-refractivity contribution in [2.75, 3.05) is 6.61 Å². The molecule has 1 unspecified atom stereocenters. The van der Waals surface area contributed by atoms with Crippen molar-refractivity contribution in [2.45, 2.75) is 83.8 Å². The van der Waals surface area contributed by atoms with E-state index >= 15 is 0 Å². The minimum Gasteiger partial charge on any atom is -0.508 e. The molecule has 1 aliphatic heterocycles. The van der Waals surface area contributed by atoms with Gasteiger partial charge in [0.1, 0.15) is 17.1 Å². The Morgan fingerprint density at radius 2 is 2.03 bits per heavy atom. The molecule has 1 aromatic rings. The van der Waals surface area contributed by atoms with Gasteiger partial charge < -0.3 is 20.3 Å². The van der Waals surface area contributed by atoms with E-state index in [4.69, 9.17) is 4.74 Å². The van der Waals surface area contributed by atoms with Crippen LogP contribution in [0.2, 0.25) is 0 Å². The van der Waals surface area contributed by atoms with Gasteiger partial charge in [0, 0.05) is 23.0 Å². The topological polar surface area (TPSA) is 78.8 Å². The lowest BCUT2D eigenvalue weighted by atomic mass is 9.66. The van der Waals surface area contributed by atoms with Crippen LogP contribution in [0.5, 0.6) is 11.5 Å². The van der Waals surface area contributed by atoms with Gasteiger partial charge in [-0.2, -0.15) is 0 Å². The SMILES string of the molecule is CCC(CO)NC(=O)C1=CC[C@@H]2[C@@H](C1)c1c(O)cc(C(C)(C)C)cc1OC2(C)C. The van der Waals surface area contributed by atoms with E-state index in [1.54, 1.807) is 0 Å². The van der Waals surface area contributed by atoms with E-state index in [0.717, 1.165) is 28.9 Å². The smallest absolute Gasteiger partial charge is 0.247 e. The summed E-state index contributed by atoms with van der Waals surface area (Å²) in [5, 5.41) is 23.2. The Balaban J connectivity index is 1.97. The fourth-order valence-electron chi connectivity index (χ4n) is 4.57. The van der Waals surface area contributed by atoms with Crippen LogP contribution in [0.1, 0.15) is 77.8 Å². The summed E-state index contributed by atoms with van der Waals surface area (Å²) in [6.07, 6.45) is 3.95. The number of aliphatic hydroxyl groups is 1. The molecule has 3 atom stereocenters. The molecule has 0 fully saturated rings. The molecule has 160 valence electrons. The van der Waals surface area contributed by atoms with E-state index in [9.17, 15) is 15.0 Å². The van der Waals surface area contributed by atoms with Crippen molar-refractivity contribution in [1.29, 1.82) is 0 Å². The average Bonchev–Trinajstić information content (AvgIpc) is 2.63. The predicted molar refractivity (Wildman–Crippen MR) is 114 cm³/mol. The summed E-state index contributed by atoms with van der Waals surface area (Å²) in [6.45, 7) is 12.4. The van der Waals surface area contributed by atoms with Gasteiger partial charge >= 0.3 is 0 Å². The maximum absolute atomic E-state index is 12.8. The minimum atomic E-state index is -0.393. The molecule has 5 heteroatoms. The van der Waals surface area contributed by atoms with Gasteiger partial charge in [-0.1, -0.05) is 33.8 Å². The van der Waals surface area contributed by atoms with Crippen molar-refractivity contribution in [2.24, 2.45) is 5.92 Å². The Morgan fingerprint density at radius 1 is 1.34 bits per heavy atom. The second kappa shape index (κ2) is 7.67. The normalized spacial score (nSPS) is 23.9. The average molecular weight is 402 g/mol. The Morgan fingerprint density at radius 3 is 2.62 bits per heavy atom. The Hall–Kier alpha value is -2.01. The molecule has 3 N–H and O–H groups in total. The molecule has 29 heavy (non-hydrogen) atoms. The lowest BCUT2D eigenvalue weighted by Crippen LogP contribution is -2.46. The number of carbonyl (C=O) groups excluding carboxylic acids is 1. The molecular weight excluding hydrogens is 366 g/mol. The summed E-state index contributed by atoms with van der Waals surface area (Å²) in [7, 11) is 0. The van der Waals surface area contributed by atoms with E-state index in [0.29, 0.717) is 12.8 Å². The van der Waals surface area contributed by atoms with Crippen molar-refractivity contribution in [3.05, 3.63) is 34.9 Å². The first kappa shape index (κ1) is 21.7. The highest BCUT2D eigenvalue weighted by Gasteiger charge is 2.47. The van der Waals surface area contributed by atoms with Gasteiger partial charge in [-0.05, 0) is 56.2 Å². The number of phenols is 1. The lowest BCUT2D eigenvalue weighted by molar-refractivity contribution is -0.119. The van der Waals surface area contributed by atoms with Crippen molar-refractivity contribution < 1.29 is 19.7 Å². The molecule has 1 aromatic carbocycles. The van der Waals surface area contributed by atoms with Crippen molar-refractivity contribution in [3.63, 3.8) is 0 Å². The number of phenolic OH excluding ortho intramolecular Hbond substituents is 1. The summed E-state index contributed by atoms with van der Waals surface area (Å²) < 4.78 is 6.38. The predicted octanol–water partition coefficient (Wildman–Crippen LogP) is 4.17.